The summed E-state index contributed by atoms with van der Waals surface area (Å²) in [5.41, 5.74) is -0.646. The van der Waals surface area contributed by atoms with E-state index in [0.717, 1.165) is 9.44 Å². The number of amides is 1. The van der Waals surface area contributed by atoms with Crippen molar-refractivity contribution in [3.05, 3.63) is 49.3 Å². The molecule has 3 rings (SSSR count). The van der Waals surface area contributed by atoms with Gasteiger partial charge in [-0.3, -0.25) is 18.7 Å². The minimum atomic E-state index is -0.335. The zero-order valence-electron chi connectivity index (χ0n) is 14.4. The van der Waals surface area contributed by atoms with Gasteiger partial charge < -0.3 is 10.2 Å². The quantitative estimate of drug-likeness (QED) is 0.868. The highest BCUT2D eigenvalue weighted by atomic mass is 32.1. The van der Waals surface area contributed by atoms with Crippen molar-refractivity contribution in [1.29, 1.82) is 0 Å². The lowest BCUT2D eigenvalue weighted by Gasteiger charge is -2.33. The minimum absolute atomic E-state index is 0.0280. The largest absolute Gasteiger partial charge is 0.358 e. The Morgan fingerprint density at radius 2 is 1.96 bits per heavy atom. The van der Waals surface area contributed by atoms with Crippen LogP contribution in [-0.2, 0) is 25.4 Å². The van der Waals surface area contributed by atoms with Crippen molar-refractivity contribution >= 4 is 23.1 Å². The summed E-state index contributed by atoms with van der Waals surface area (Å²) in [4.78, 5) is 39.4. The van der Waals surface area contributed by atoms with Gasteiger partial charge in [0.25, 0.3) is 5.56 Å². The van der Waals surface area contributed by atoms with E-state index in [0.29, 0.717) is 38.3 Å². The predicted molar refractivity (Wildman–Crippen MR) is 98.0 cm³/mol. The normalized spacial score (nSPS) is 15.4. The summed E-state index contributed by atoms with van der Waals surface area (Å²) in [5.74, 6) is 0.663. The minimum Gasteiger partial charge on any atom is -0.358 e. The van der Waals surface area contributed by atoms with E-state index in [1.54, 1.807) is 18.4 Å². The monoisotopic (exact) mass is 362 g/mol. The van der Waals surface area contributed by atoms with Crippen molar-refractivity contribution in [3.8, 4) is 0 Å². The summed E-state index contributed by atoms with van der Waals surface area (Å²) in [7, 11) is 3.13. The molecule has 2 aromatic rings. The van der Waals surface area contributed by atoms with Gasteiger partial charge in [-0.05, 0) is 24.3 Å². The van der Waals surface area contributed by atoms with Crippen LogP contribution in [0.4, 0.5) is 5.82 Å². The molecule has 7 nitrogen and oxygen atoms in total. The fraction of sp³-hybridized carbons (Fsp3) is 0.471. The standard InChI is InChI=1S/C17H22N4O3S/c1-19-14(10-15(22)20(2)17(19)24)21-7-5-12(6-8-21)16(23)18-11-13-4-3-9-25-13/h3-4,9-10,12H,5-8,11H2,1-2H3,(H,18,23). The van der Waals surface area contributed by atoms with Crippen LogP contribution in [0.25, 0.3) is 0 Å². The van der Waals surface area contributed by atoms with E-state index in [9.17, 15) is 14.4 Å². The first kappa shape index (κ1) is 17.5. The van der Waals surface area contributed by atoms with Crippen LogP contribution in [-0.4, -0.2) is 28.1 Å². The average Bonchev–Trinajstić information content (AvgIpc) is 3.14. The second-order valence-electron chi connectivity index (χ2n) is 6.30. The number of thiophene rings is 1. The molecule has 25 heavy (non-hydrogen) atoms. The van der Waals surface area contributed by atoms with Gasteiger partial charge in [-0.15, -0.1) is 11.3 Å². The Kier molecular flexibility index (Phi) is 5.08. The summed E-state index contributed by atoms with van der Waals surface area (Å²) in [6, 6.07) is 5.46. The molecule has 0 aromatic carbocycles. The molecule has 1 amide bonds. The van der Waals surface area contributed by atoms with Crippen LogP contribution in [0, 0.1) is 5.92 Å². The third-order valence-corrected chi connectivity index (χ3v) is 5.58. The molecule has 3 heterocycles. The molecule has 8 heteroatoms. The Morgan fingerprint density at radius 1 is 1.24 bits per heavy atom. The molecule has 1 saturated heterocycles. The number of rotatable bonds is 4. The number of carbonyl (C=O) groups excluding carboxylic acids is 1. The molecule has 0 aliphatic carbocycles. The zero-order chi connectivity index (χ0) is 18.0. The maximum absolute atomic E-state index is 12.3. The molecule has 1 aliphatic rings. The fourth-order valence-electron chi connectivity index (χ4n) is 3.13. The summed E-state index contributed by atoms with van der Waals surface area (Å²) < 4.78 is 2.58. The van der Waals surface area contributed by atoms with Crippen LogP contribution in [0.1, 0.15) is 17.7 Å². The summed E-state index contributed by atoms with van der Waals surface area (Å²) in [6.45, 7) is 1.87. The second-order valence-corrected chi connectivity index (χ2v) is 7.33. The molecule has 0 atom stereocenters. The second kappa shape index (κ2) is 7.26. The molecule has 0 spiro atoms. The molecule has 134 valence electrons. The van der Waals surface area contributed by atoms with Gasteiger partial charge in [-0.25, -0.2) is 4.79 Å². The van der Waals surface area contributed by atoms with Crippen molar-refractivity contribution < 1.29 is 4.79 Å². The van der Waals surface area contributed by atoms with Gasteiger partial charge in [0, 0.05) is 44.0 Å². The van der Waals surface area contributed by atoms with E-state index in [1.165, 1.54) is 17.7 Å². The molecule has 0 saturated carbocycles. The van der Waals surface area contributed by atoms with Crippen molar-refractivity contribution in [1.82, 2.24) is 14.5 Å². The van der Waals surface area contributed by atoms with Crippen LogP contribution in [0.5, 0.6) is 0 Å². The van der Waals surface area contributed by atoms with Gasteiger partial charge in [-0.2, -0.15) is 0 Å². The highest BCUT2D eigenvalue weighted by Crippen LogP contribution is 2.22. The number of piperidine rings is 1. The van der Waals surface area contributed by atoms with Crippen LogP contribution in [0.2, 0.25) is 0 Å². The van der Waals surface area contributed by atoms with Crippen molar-refractivity contribution in [3.63, 3.8) is 0 Å². The summed E-state index contributed by atoms with van der Waals surface area (Å²) in [5, 5.41) is 4.99. The Balaban J connectivity index is 1.61. The number of nitrogens with one attached hydrogen (secondary N) is 1. The lowest BCUT2D eigenvalue weighted by atomic mass is 9.96. The maximum atomic E-state index is 12.3. The Morgan fingerprint density at radius 3 is 2.60 bits per heavy atom. The van der Waals surface area contributed by atoms with Gasteiger partial charge in [-0.1, -0.05) is 6.07 Å². The van der Waals surface area contributed by atoms with E-state index in [4.69, 9.17) is 0 Å². The third-order valence-electron chi connectivity index (χ3n) is 4.71. The Bertz CT molecular complexity index is 861. The molecule has 1 fully saturated rings. The van der Waals surface area contributed by atoms with Gasteiger partial charge in [0.15, 0.2) is 0 Å². The zero-order valence-corrected chi connectivity index (χ0v) is 15.2. The van der Waals surface area contributed by atoms with E-state index in [2.05, 4.69) is 5.32 Å². The molecule has 2 aromatic heterocycles. The third kappa shape index (κ3) is 3.68. The molecule has 0 unspecified atom stereocenters. The van der Waals surface area contributed by atoms with E-state index >= 15 is 0 Å². The number of hydrogen-bond donors (Lipinski definition) is 1. The number of anilines is 1. The lowest BCUT2D eigenvalue weighted by molar-refractivity contribution is -0.125. The molecular formula is C17H22N4O3S. The predicted octanol–water partition coefficient (Wildman–Crippen LogP) is 0.678. The Labute approximate surface area is 149 Å². The summed E-state index contributed by atoms with van der Waals surface area (Å²) in [6.07, 6.45) is 1.42. The maximum Gasteiger partial charge on any atom is 0.332 e. The fourth-order valence-corrected chi connectivity index (χ4v) is 3.77. The van der Waals surface area contributed by atoms with Gasteiger partial charge in [0.1, 0.15) is 5.82 Å². The van der Waals surface area contributed by atoms with E-state index in [-0.39, 0.29) is 23.1 Å². The first-order chi connectivity index (χ1) is 12.0. The molecule has 0 radical (unpaired) electrons. The van der Waals surface area contributed by atoms with Crippen molar-refractivity contribution in [2.75, 3.05) is 18.0 Å². The smallest absolute Gasteiger partial charge is 0.332 e. The number of nitrogens with zero attached hydrogens (tertiary/aromatic N) is 3. The highest BCUT2D eigenvalue weighted by Gasteiger charge is 2.26. The molecule has 1 aliphatic heterocycles. The van der Waals surface area contributed by atoms with E-state index in [1.807, 2.05) is 22.4 Å². The number of carbonyl (C=O) groups is 1. The van der Waals surface area contributed by atoms with Gasteiger partial charge in [0.05, 0.1) is 6.54 Å². The molecular weight excluding hydrogens is 340 g/mol. The van der Waals surface area contributed by atoms with Gasteiger partial charge >= 0.3 is 5.69 Å². The SMILES string of the molecule is Cn1c(N2CCC(C(=O)NCc3cccs3)CC2)cc(=O)n(C)c1=O. The molecule has 0 bridgehead atoms. The van der Waals surface area contributed by atoms with Crippen molar-refractivity contribution in [2.24, 2.45) is 20.0 Å². The summed E-state index contributed by atoms with van der Waals surface area (Å²) >= 11 is 1.63. The highest BCUT2D eigenvalue weighted by molar-refractivity contribution is 7.09. The van der Waals surface area contributed by atoms with Gasteiger partial charge in [0.2, 0.25) is 5.91 Å². The van der Waals surface area contributed by atoms with Crippen LogP contribution in [0.3, 0.4) is 0 Å². The molecule has 1 N–H and O–H groups in total. The lowest BCUT2D eigenvalue weighted by Crippen LogP contribution is -2.44. The van der Waals surface area contributed by atoms with E-state index < -0.39 is 0 Å². The topological polar surface area (TPSA) is 76.3 Å². The van der Waals surface area contributed by atoms with Crippen LogP contribution in [0.15, 0.2) is 33.2 Å². The first-order valence-electron chi connectivity index (χ1n) is 8.29. The van der Waals surface area contributed by atoms with Crippen molar-refractivity contribution in [2.45, 2.75) is 19.4 Å². The van der Waals surface area contributed by atoms with Crippen LogP contribution < -0.4 is 21.5 Å². The first-order valence-corrected chi connectivity index (χ1v) is 9.17. The van der Waals surface area contributed by atoms with Crippen LogP contribution >= 0.6 is 11.3 Å². The number of hydrogen-bond acceptors (Lipinski definition) is 5. The average molecular weight is 362 g/mol. The number of aromatic nitrogens is 2. The Hall–Kier alpha value is -2.35.